The topological polar surface area (TPSA) is 60.8 Å². The molecular weight excluding hydrogens is 206 g/mol. The third kappa shape index (κ3) is 2.08. The standard InChI is InChI=1S/C12H15NO3/c14-8-10-7-13(12(16)11(10)15)6-9-4-2-1-3-5-9/h1-5,10-11,14-15H,6-8H2/t10-,11-/m1/s1. The summed E-state index contributed by atoms with van der Waals surface area (Å²) >= 11 is 0. The van der Waals surface area contributed by atoms with Gasteiger partial charge >= 0.3 is 0 Å². The van der Waals surface area contributed by atoms with Gasteiger partial charge < -0.3 is 15.1 Å². The smallest absolute Gasteiger partial charge is 0.252 e. The minimum Gasteiger partial charge on any atom is -0.396 e. The second-order valence-corrected chi connectivity index (χ2v) is 4.09. The van der Waals surface area contributed by atoms with Gasteiger partial charge in [-0.15, -0.1) is 0 Å². The zero-order valence-corrected chi connectivity index (χ0v) is 8.91. The molecule has 1 heterocycles. The van der Waals surface area contributed by atoms with E-state index < -0.39 is 6.10 Å². The Morgan fingerprint density at radius 2 is 2.00 bits per heavy atom. The number of rotatable bonds is 3. The lowest BCUT2D eigenvalue weighted by Gasteiger charge is -2.15. The largest absolute Gasteiger partial charge is 0.396 e. The highest BCUT2D eigenvalue weighted by Crippen LogP contribution is 2.20. The third-order valence-electron chi connectivity index (χ3n) is 2.92. The molecule has 0 spiro atoms. The Morgan fingerprint density at radius 1 is 1.31 bits per heavy atom. The molecule has 16 heavy (non-hydrogen) atoms. The van der Waals surface area contributed by atoms with E-state index in [0.717, 1.165) is 5.56 Å². The minimum absolute atomic E-state index is 0.155. The second kappa shape index (κ2) is 4.63. The normalized spacial score (nSPS) is 25.1. The number of aliphatic hydroxyl groups is 2. The maximum atomic E-state index is 11.6. The molecule has 4 nitrogen and oxygen atoms in total. The number of hydrogen-bond acceptors (Lipinski definition) is 3. The number of amides is 1. The van der Waals surface area contributed by atoms with E-state index in [2.05, 4.69) is 0 Å². The van der Waals surface area contributed by atoms with Crippen LogP contribution in [0.5, 0.6) is 0 Å². The molecule has 0 aromatic heterocycles. The van der Waals surface area contributed by atoms with Gasteiger partial charge in [-0.2, -0.15) is 0 Å². The molecule has 1 aliphatic heterocycles. The summed E-state index contributed by atoms with van der Waals surface area (Å²) in [6.45, 7) is 0.761. The van der Waals surface area contributed by atoms with Crippen LogP contribution in [-0.4, -0.2) is 40.3 Å². The summed E-state index contributed by atoms with van der Waals surface area (Å²) in [5.41, 5.74) is 1.03. The van der Waals surface area contributed by atoms with E-state index in [1.807, 2.05) is 30.3 Å². The molecule has 0 saturated carbocycles. The Bertz CT molecular complexity index is 366. The summed E-state index contributed by atoms with van der Waals surface area (Å²) in [4.78, 5) is 13.2. The zero-order valence-electron chi connectivity index (χ0n) is 8.91. The first-order chi connectivity index (χ1) is 7.72. The van der Waals surface area contributed by atoms with Gasteiger partial charge in [0, 0.05) is 19.0 Å². The lowest BCUT2D eigenvalue weighted by atomic mass is 10.1. The number of carbonyl (C=O) groups is 1. The van der Waals surface area contributed by atoms with Crippen LogP contribution in [0.1, 0.15) is 5.56 Å². The predicted octanol–water partition coefficient (Wildman–Crippen LogP) is -0.00180. The lowest BCUT2D eigenvalue weighted by Crippen LogP contribution is -2.29. The van der Waals surface area contributed by atoms with E-state index in [1.54, 1.807) is 4.90 Å². The Hall–Kier alpha value is -1.39. The van der Waals surface area contributed by atoms with Crippen LogP contribution in [0.25, 0.3) is 0 Å². The van der Waals surface area contributed by atoms with Crippen LogP contribution in [0, 0.1) is 5.92 Å². The molecule has 0 bridgehead atoms. The molecule has 1 aliphatic rings. The molecule has 1 saturated heterocycles. The molecule has 0 radical (unpaired) electrons. The molecule has 2 atom stereocenters. The predicted molar refractivity (Wildman–Crippen MR) is 58.4 cm³/mol. The van der Waals surface area contributed by atoms with Gasteiger partial charge in [0.05, 0.1) is 6.61 Å². The van der Waals surface area contributed by atoms with E-state index in [4.69, 9.17) is 5.11 Å². The van der Waals surface area contributed by atoms with Crippen molar-refractivity contribution in [3.05, 3.63) is 35.9 Å². The number of benzene rings is 1. The molecule has 4 heteroatoms. The third-order valence-corrected chi connectivity index (χ3v) is 2.92. The number of hydrogen-bond donors (Lipinski definition) is 2. The van der Waals surface area contributed by atoms with Gasteiger partial charge in [-0.3, -0.25) is 4.79 Å². The SMILES string of the molecule is O=C1[C@H](O)[C@@H](CO)CN1Cc1ccccc1. The molecule has 1 aromatic carbocycles. The van der Waals surface area contributed by atoms with E-state index in [9.17, 15) is 9.90 Å². The molecule has 2 N–H and O–H groups in total. The number of likely N-dealkylation sites (tertiary alicyclic amines) is 1. The van der Waals surface area contributed by atoms with Gasteiger partial charge in [-0.25, -0.2) is 0 Å². The fourth-order valence-electron chi connectivity index (χ4n) is 1.97. The van der Waals surface area contributed by atoms with Crippen molar-refractivity contribution in [3.8, 4) is 0 Å². The van der Waals surface area contributed by atoms with Crippen molar-refractivity contribution >= 4 is 5.91 Å². The molecular formula is C12H15NO3. The van der Waals surface area contributed by atoms with Gasteiger partial charge in [-0.05, 0) is 5.56 Å². The van der Waals surface area contributed by atoms with Crippen LogP contribution in [0.4, 0.5) is 0 Å². The van der Waals surface area contributed by atoms with Crippen LogP contribution in [0.3, 0.4) is 0 Å². The molecule has 1 amide bonds. The van der Waals surface area contributed by atoms with E-state index in [-0.39, 0.29) is 18.4 Å². The van der Waals surface area contributed by atoms with Crippen molar-refractivity contribution < 1.29 is 15.0 Å². The van der Waals surface area contributed by atoms with Crippen molar-refractivity contribution in [2.75, 3.05) is 13.2 Å². The Kier molecular flexibility index (Phi) is 3.22. The van der Waals surface area contributed by atoms with E-state index in [0.29, 0.717) is 13.1 Å². The highest BCUT2D eigenvalue weighted by atomic mass is 16.3. The highest BCUT2D eigenvalue weighted by Gasteiger charge is 2.38. The lowest BCUT2D eigenvalue weighted by molar-refractivity contribution is -0.135. The number of aliphatic hydroxyl groups excluding tert-OH is 2. The van der Waals surface area contributed by atoms with Crippen molar-refractivity contribution in [1.29, 1.82) is 0 Å². The van der Waals surface area contributed by atoms with Crippen molar-refractivity contribution in [2.45, 2.75) is 12.6 Å². The zero-order chi connectivity index (χ0) is 11.5. The molecule has 0 unspecified atom stereocenters. The molecule has 1 fully saturated rings. The summed E-state index contributed by atoms with van der Waals surface area (Å²) in [6, 6.07) is 9.62. The summed E-state index contributed by atoms with van der Waals surface area (Å²) in [6.07, 6.45) is -1.05. The first kappa shape index (κ1) is 11.1. The Labute approximate surface area is 94.1 Å². The Balaban J connectivity index is 2.04. The highest BCUT2D eigenvalue weighted by molar-refractivity contribution is 5.83. The van der Waals surface area contributed by atoms with Crippen molar-refractivity contribution in [3.63, 3.8) is 0 Å². The molecule has 2 rings (SSSR count). The minimum atomic E-state index is -1.05. The van der Waals surface area contributed by atoms with Crippen LogP contribution in [0.2, 0.25) is 0 Å². The summed E-state index contributed by atoms with van der Waals surface area (Å²) in [7, 11) is 0. The summed E-state index contributed by atoms with van der Waals surface area (Å²) < 4.78 is 0. The average Bonchev–Trinajstić information content (AvgIpc) is 2.58. The van der Waals surface area contributed by atoms with Crippen molar-refractivity contribution in [2.24, 2.45) is 5.92 Å². The average molecular weight is 221 g/mol. The van der Waals surface area contributed by atoms with Gasteiger partial charge in [0.25, 0.3) is 5.91 Å². The maximum Gasteiger partial charge on any atom is 0.252 e. The maximum absolute atomic E-state index is 11.6. The quantitative estimate of drug-likeness (QED) is 0.755. The summed E-state index contributed by atoms with van der Waals surface area (Å²) in [5, 5.41) is 18.6. The second-order valence-electron chi connectivity index (χ2n) is 4.09. The van der Waals surface area contributed by atoms with Crippen LogP contribution in [0.15, 0.2) is 30.3 Å². The fraction of sp³-hybridized carbons (Fsp3) is 0.417. The van der Waals surface area contributed by atoms with E-state index >= 15 is 0 Å². The summed E-state index contributed by atoms with van der Waals surface area (Å²) in [5.74, 6) is -0.640. The van der Waals surface area contributed by atoms with E-state index in [1.165, 1.54) is 0 Å². The molecule has 86 valence electrons. The van der Waals surface area contributed by atoms with Crippen molar-refractivity contribution in [1.82, 2.24) is 4.90 Å². The first-order valence-corrected chi connectivity index (χ1v) is 5.34. The van der Waals surface area contributed by atoms with Gasteiger partial charge in [0.1, 0.15) is 6.10 Å². The Morgan fingerprint density at radius 3 is 2.56 bits per heavy atom. The van der Waals surface area contributed by atoms with Gasteiger partial charge in [-0.1, -0.05) is 30.3 Å². The fourth-order valence-corrected chi connectivity index (χ4v) is 1.97. The number of nitrogens with zero attached hydrogens (tertiary/aromatic N) is 1. The van der Waals surface area contributed by atoms with Crippen LogP contribution >= 0.6 is 0 Å². The molecule has 1 aromatic rings. The van der Waals surface area contributed by atoms with Gasteiger partial charge in [0.15, 0.2) is 0 Å². The monoisotopic (exact) mass is 221 g/mol. The number of carbonyl (C=O) groups excluding carboxylic acids is 1. The molecule has 0 aliphatic carbocycles. The van der Waals surface area contributed by atoms with Crippen LogP contribution in [-0.2, 0) is 11.3 Å². The first-order valence-electron chi connectivity index (χ1n) is 5.34. The van der Waals surface area contributed by atoms with Gasteiger partial charge in [0.2, 0.25) is 0 Å². The van der Waals surface area contributed by atoms with Crippen LogP contribution < -0.4 is 0 Å².